The van der Waals surface area contributed by atoms with Crippen molar-refractivity contribution in [3.05, 3.63) is 112 Å². The van der Waals surface area contributed by atoms with Gasteiger partial charge in [-0.2, -0.15) is 0 Å². The lowest BCUT2D eigenvalue weighted by Gasteiger charge is -2.36. The molecule has 7 rings (SSSR count). The molecule has 1 aromatic heterocycles. The molecule has 1 amide bonds. The van der Waals surface area contributed by atoms with Gasteiger partial charge in [0.15, 0.2) is 0 Å². The van der Waals surface area contributed by atoms with Gasteiger partial charge >= 0.3 is 0 Å². The van der Waals surface area contributed by atoms with Gasteiger partial charge in [0, 0.05) is 91.5 Å². The molecule has 1 N–H and O–H groups in total. The molecule has 0 radical (unpaired) electrons. The lowest BCUT2D eigenvalue weighted by atomic mass is 9.90. The van der Waals surface area contributed by atoms with Crippen molar-refractivity contribution in [1.82, 2.24) is 19.7 Å². The summed E-state index contributed by atoms with van der Waals surface area (Å²) in [5.74, 6) is 0.430. The molecule has 0 unspecified atom stereocenters. The first-order valence-electron chi connectivity index (χ1n) is 16.2. The molecule has 3 aromatic carbocycles. The van der Waals surface area contributed by atoms with Gasteiger partial charge < -0.3 is 15.0 Å². The van der Waals surface area contributed by atoms with Crippen molar-refractivity contribution in [2.45, 2.75) is 13.5 Å². The van der Waals surface area contributed by atoms with Crippen molar-refractivity contribution in [3.63, 3.8) is 0 Å². The number of halogens is 2. The zero-order valence-electron chi connectivity index (χ0n) is 26.5. The topological polar surface area (TPSA) is 73.3 Å². The van der Waals surface area contributed by atoms with Gasteiger partial charge in [-0.05, 0) is 72.1 Å². The summed E-state index contributed by atoms with van der Waals surface area (Å²) in [6, 6.07) is 19.9. The summed E-state index contributed by atoms with van der Waals surface area (Å²) in [7, 11) is 0. The maximum atomic E-state index is 14.9. The van der Waals surface area contributed by atoms with Gasteiger partial charge in [0.2, 0.25) is 0 Å². The number of pyridine rings is 1. The Morgan fingerprint density at radius 2 is 1.62 bits per heavy atom. The van der Waals surface area contributed by atoms with Crippen molar-refractivity contribution < 1.29 is 13.9 Å². The van der Waals surface area contributed by atoms with Crippen LogP contribution in [0.3, 0.4) is 0 Å². The first-order chi connectivity index (χ1) is 22.9. The Bertz CT molecular complexity index is 1800. The van der Waals surface area contributed by atoms with Crippen molar-refractivity contribution >= 4 is 34.7 Å². The molecule has 2 fully saturated rings. The quantitative estimate of drug-likeness (QED) is 0.263. The highest BCUT2D eigenvalue weighted by molar-refractivity contribution is 6.31. The fourth-order valence-electron chi connectivity index (χ4n) is 6.64. The number of amides is 1. The number of aliphatic imine (C=N–C) groups is 1. The third-order valence-corrected chi connectivity index (χ3v) is 9.57. The summed E-state index contributed by atoms with van der Waals surface area (Å²) in [6.45, 7) is 11.3. The second-order valence-corrected chi connectivity index (χ2v) is 12.7. The summed E-state index contributed by atoms with van der Waals surface area (Å²) in [5, 5.41) is 4.01. The van der Waals surface area contributed by atoms with Crippen LogP contribution >= 0.6 is 11.6 Å². The molecule has 3 aliphatic rings. The molecule has 10 heteroatoms. The molecule has 47 heavy (non-hydrogen) atoms. The Kier molecular flexibility index (Phi) is 9.31. The number of aromatic nitrogens is 1. The van der Waals surface area contributed by atoms with Gasteiger partial charge in [-0.15, -0.1) is 0 Å². The Morgan fingerprint density at radius 3 is 2.36 bits per heavy atom. The number of hydrogen-bond acceptors (Lipinski definition) is 7. The first kappa shape index (κ1) is 31.4. The minimum absolute atomic E-state index is 0.0599. The largest absolute Gasteiger partial charge is 0.379 e. The van der Waals surface area contributed by atoms with E-state index in [4.69, 9.17) is 26.3 Å². The van der Waals surface area contributed by atoms with Gasteiger partial charge in [0.1, 0.15) is 11.6 Å². The van der Waals surface area contributed by atoms with Crippen LogP contribution < -0.4 is 5.32 Å². The number of hydrogen-bond donors (Lipinski definition) is 1. The molecule has 0 spiro atoms. The molecule has 0 atom stereocenters. The molecule has 0 aliphatic carbocycles. The van der Waals surface area contributed by atoms with Crippen LogP contribution in [0.1, 0.15) is 32.6 Å². The zero-order chi connectivity index (χ0) is 32.3. The molecule has 0 saturated carbocycles. The minimum atomic E-state index is -0.330. The normalized spacial score (nSPS) is 17.0. The third kappa shape index (κ3) is 6.80. The maximum absolute atomic E-state index is 14.9. The smallest absolute Gasteiger partial charge is 0.253 e. The summed E-state index contributed by atoms with van der Waals surface area (Å²) in [5.41, 5.74) is 7.11. The average molecular weight is 653 g/mol. The van der Waals surface area contributed by atoms with E-state index in [0.29, 0.717) is 34.2 Å². The number of piperazine rings is 1. The van der Waals surface area contributed by atoms with E-state index in [0.717, 1.165) is 99.1 Å². The number of nitrogens with one attached hydrogen (secondary N) is 1. The van der Waals surface area contributed by atoms with Crippen LogP contribution in [0.5, 0.6) is 0 Å². The van der Waals surface area contributed by atoms with Crippen LogP contribution in [0.25, 0.3) is 11.1 Å². The number of nitrogens with zero attached hydrogens (tertiary/aromatic N) is 5. The Morgan fingerprint density at radius 1 is 0.894 bits per heavy atom. The van der Waals surface area contributed by atoms with Crippen LogP contribution in [0.2, 0.25) is 5.02 Å². The molecule has 4 heterocycles. The van der Waals surface area contributed by atoms with E-state index >= 15 is 0 Å². The fourth-order valence-corrected chi connectivity index (χ4v) is 6.82. The number of carbonyl (C=O) groups is 1. The third-order valence-electron chi connectivity index (χ3n) is 9.33. The van der Waals surface area contributed by atoms with E-state index in [2.05, 4.69) is 15.1 Å². The highest BCUT2D eigenvalue weighted by atomic mass is 35.5. The zero-order valence-corrected chi connectivity index (χ0v) is 27.3. The highest BCUT2D eigenvalue weighted by Crippen LogP contribution is 2.39. The molecule has 0 bridgehead atoms. The Labute approximate surface area is 279 Å². The fraction of sp³-hybridized carbons (Fsp3) is 0.324. The number of rotatable bonds is 7. The van der Waals surface area contributed by atoms with Crippen molar-refractivity contribution in [3.8, 4) is 11.1 Å². The molecule has 2 saturated heterocycles. The maximum Gasteiger partial charge on any atom is 0.253 e. The number of ether oxygens (including phenoxy) is 1. The second kappa shape index (κ2) is 13.9. The van der Waals surface area contributed by atoms with Gasteiger partial charge in [0.25, 0.3) is 5.91 Å². The summed E-state index contributed by atoms with van der Waals surface area (Å²) in [4.78, 5) is 29.8. The van der Waals surface area contributed by atoms with Gasteiger partial charge in [-0.3, -0.25) is 19.6 Å². The van der Waals surface area contributed by atoms with Crippen LogP contribution in [0.4, 0.5) is 15.9 Å². The first-order valence-corrected chi connectivity index (χ1v) is 16.6. The molecule has 8 nitrogen and oxygen atoms in total. The van der Waals surface area contributed by atoms with E-state index < -0.39 is 0 Å². The Balaban J connectivity index is 1.04. The molecule has 3 aliphatic heterocycles. The van der Waals surface area contributed by atoms with E-state index in [1.165, 1.54) is 6.07 Å². The summed E-state index contributed by atoms with van der Waals surface area (Å²) in [6.07, 6.45) is 1.83. The van der Waals surface area contributed by atoms with E-state index in [-0.39, 0.29) is 11.7 Å². The predicted molar refractivity (Wildman–Crippen MR) is 184 cm³/mol. The van der Waals surface area contributed by atoms with Crippen molar-refractivity contribution in [2.24, 2.45) is 4.99 Å². The predicted octanol–water partition coefficient (Wildman–Crippen LogP) is 6.03. The summed E-state index contributed by atoms with van der Waals surface area (Å²) < 4.78 is 20.4. The monoisotopic (exact) mass is 652 g/mol. The number of fused-ring (bicyclic) bond motifs is 3. The summed E-state index contributed by atoms with van der Waals surface area (Å²) >= 11 is 6.45. The van der Waals surface area contributed by atoms with Crippen LogP contribution in [-0.4, -0.2) is 96.9 Å². The Hall–Kier alpha value is -4.15. The second-order valence-electron chi connectivity index (χ2n) is 12.3. The van der Waals surface area contributed by atoms with Crippen molar-refractivity contribution in [2.75, 3.05) is 70.9 Å². The lowest BCUT2D eigenvalue weighted by Crippen LogP contribution is -2.51. The van der Waals surface area contributed by atoms with E-state index in [9.17, 15) is 9.18 Å². The SMILES string of the molecule is Cc1c(Nc2ccc(C(=O)N3CCN(CCN4CCOCC4)CC3)cc2)ncc2c1-c1ccc(Cl)cc1C(c1ccccc1F)=NC2. The number of carbonyl (C=O) groups excluding carboxylic acids is 1. The number of anilines is 2. The molecule has 242 valence electrons. The van der Waals surface area contributed by atoms with Crippen LogP contribution in [0.15, 0.2) is 77.9 Å². The van der Waals surface area contributed by atoms with Crippen LogP contribution in [0, 0.1) is 12.7 Å². The van der Waals surface area contributed by atoms with E-state index in [1.807, 2.05) is 66.6 Å². The van der Waals surface area contributed by atoms with Gasteiger partial charge in [-0.1, -0.05) is 29.8 Å². The van der Waals surface area contributed by atoms with Crippen molar-refractivity contribution in [1.29, 1.82) is 0 Å². The van der Waals surface area contributed by atoms with Gasteiger partial charge in [-0.25, -0.2) is 9.37 Å². The minimum Gasteiger partial charge on any atom is -0.379 e. The number of benzene rings is 3. The molecule has 4 aromatic rings. The number of morpholine rings is 1. The standard InChI is InChI=1S/C37H38ClFN6O2/c1-25-34-27(23-40-35(31-4-2-3-5-33(31)39)32-22-28(38)8-11-30(32)34)24-41-36(25)42-29-9-6-26(7-10-29)37(46)45-16-14-43(15-17-45)12-13-44-18-20-47-21-19-44/h2-11,22,24H,12-21,23H2,1H3,(H,41,42). The highest BCUT2D eigenvalue weighted by Gasteiger charge is 2.25. The average Bonchev–Trinajstić information content (AvgIpc) is 3.26. The van der Waals surface area contributed by atoms with E-state index in [1.54, 1.807) is 12.1 Å². The molecular formula is C37H38ClFN6O2. The van der Waals surface area contributed by atoms with Gasteiger partial charge in [0.05, 0.1) is 25.5 Å². The van der Waals surface area contributed by atoms with Crippen LogP contribution in [-0.2, 0) is 11.3 Å². The lowest BCUT2D eigenvalue weighted by molar-refractivity contribution is 0.0293. The molecular weight excluding hydrogens is 615 g/mol.